The highest BCUT2D eigenvalue weighted by Gasteiger charge is 2.23. The predicted molar refractivity (Wildman–Crippen MR) is 75.4 cm³/mol. The van der Waals surface area contributed by atoms with E-state index >= 15 is 0 Å². The summed E-state index contributed by atoms with van der Waals surface area (Å²) in [5, 5.41) is 12.0. The maximum Gasteiger partial charge on any atom is 0.387 e. The molecule has 1 unspecified atom stereocenters. The molecule has 1 atom stereocenters. The standard InChI is InChI=1S/C15H20F3NO3/c1-9(20)7-15(2,3)8-19-13(21)11-5-4-10(16)6-12(11)22-14(17)18/h4-6,9,14,20H,7-8H2,1-3H3,(H,19,21). The maximum atomic E-state index is 13.1. The lowest BCUT2D eigenvalue weighted by atomic mass is 9.87. The highest BCUT2D eigenvalue weighted by atomic mass is 19.3. The minimum absolute atomic E-state index is 0.172. The van der Waals surface area contributed by atoms with Crippen LogP contribution >= 0.6 is 0 Å². The number of alkyl halides is 2. The van der Waals surface area contributed by atoms with Gasteiger partial charge in [-0.1, -0.05) is 13.8 Å². The van der Waals surface area contributed by atoms with Crippen molar-refractivity contribution >= 4 is 5.91 Å². The van der Waals surface area contributed by atoms with Gasteiger partial charge < -0.3 is 15.2 Å². The molecule has 0 radical (unpaired) electrons. The number of nitrogens with one attached hydrogen (secondary N) is 1. The number of aliphatic hydroxyl groups is 1. The predicted octanol–water partition coefficient (Wildman–Crippen LogP) is 2.95. The number of ether oxygens (including phenoxy) is 1. The van der Waals surface area contributed by atoms with Crippen molar-refractivity contribution in [2.75, 3.05) is 6.54 Å². The lowest BCUT2D eigenvalue weighted by molar-refractivity contribution is -0.0503. The molecule has 4 nitrogen and oxygen atoms in total. The third kappa shape index (κ3) is 5.93. The Morgan fingerprint density at radius 3 is 2.59 bits per heavy atom. The molecule has 0 aliphatic heterocycles. The van der Waals surface area contributed by atoms with E-state index in [4.69, 9.17) is 0 Å². The Kier molecular flexibility index (Phi) is 6.22. The minimum atomic E-state index is -3.15. The van der Waals surface area contributed by atoms with E-state index in [-0.39, 0.29) is 17.5 Å². The Labute approximate surface area is 127 Å². The molecule has 1 aromatic carbocycles. The van der Waals surface area contributed by atoms with Gasteiger partial charge in [0.1, 0.15) is 11.6 Å². The van der Waals surface area contributed by atoms with Crippen molar-refractivity contribution in [2.24, 2.45) is 5.41 Å². The summed E-state index contributed by atoms with van der Waals surface area (Å²) in [6.45, 7) is 2.41. The first kappa shape index (κ1) is 18.3. The molecule has 0 aliphatic carbocycles. The van der Waals surface area contributed by atoms with Gasteiger partial charge in [0, 0.05) is 12.6 Å². The number of rotatable bonds is 7. The van der Waals surface area contributed by atoms with E-state index in [1.54, 1.807) is 6.92 Å². The van der Waals surface area contributed by atoms with Gasteiger partial charge in [0.25, 0.3) is 5.91 Å². The first-order valence-corrected chi connectivity index (χ1v) is 6.81. The Morgan fingerprint density at radius 2 is 2.05 bits per heavy atom. The molecule has 124 valence electrons. The van der Waals surface area contributed by atoms with Crippen LogP contribution in [0.25, 0.3) is 0 Å². The van der Waals surface area contributed by atoms with Gasteiger partial charge in [-0.2, -0.15) is 8.78 Å². The second kappa shape index (κ2) is 7.49. The highest BCUT2D eigenvalue weighted by molar-refractivity contribution is 5.96. The van der Waals surface area contributed by atoms with E-state index in [0.717, 1.165) is 18.2 Å². The zero-order valence-corrected chi connectivity index (χ0v) is 12.7. The maximum absolute atomic E-state index is 13.1. The molecule has 2 N–H and O–H groups in total. The summed E-state index contributed by atoms with van der Waals surface area (Å²) in [5.74, 6) is -1.93. The number of benzene rings is 1. The molecule has 0 aliphatic rings. The summed E-state index contributed by atoms with van der Waals surface area (Å²) in [6.07, 6.45) is -0.0765. The van der Waals surface area contributed by atoms with Crippen molar-refractivity contribution in [3.63, 3.8) is 0 Å². The summed E-state index contributed by atoms with van der Waals surface area (Å²) >= 11 is 0. The van der Waals surface area contributed by atoms with Crippen molar-refractivity contribution in [3.8, 4) is 5.75 Å². The van der Waals surface area contributed by atoms with Crippen LogP contribution in [-0.4, -0.2) is 30.3 Å². The molecular weight excluding hydrogens is 299 g/mol. The van der Waals surface area contributed by atoms with Crippen molar-refractivity contribution in [2.45, 2.75) is 39.9 Å². The van der Waals surface area contributed by atoms with Gasteiger partial charge >= 0.3 is 6.61 Å². The van der Waals surface area contributed by atoms with Crippen LogP contribution in [-0.2, 0) is 0 Å². The van der Waals surface area contributed by atoms with E-state index in [1.165, 1.54) is 0 Å². The summed E-state index contributed by atoms with van der Waals surface area (Å²) in [5.41, 5.74) is -0.553. The van der Waals surface area contributed by atoms with Crippen molar-refractivity contribution in [3.05, 3.63) is 29.6 Å². The van der Waals surface area contributed by atoms with Gasteiger partial charge in [0.2, 0.25) is 0 Å². The van der Waals surface area contributed by atoms with E-state index in [1.807, 2.05) is 13.8 Å². The van der Waals surface area contributed by atoms with Crippen LogP contribution in [0.15, 0.2) is 18.2 Å². The third-order valence-electron chi connectivity index (χ3n) is 2.98. The number of carbonyl (C=O) groups is 1. The normalized spacial score (nSPS) is 13.1. The van der Waals surface area contributed by atoms with Gasteiger partial charge in [0.15, 0.2) is 0 Å². The molecule has 0 spiro atoms. The topological polar surface area (TPSA) is 58.6 Å². The monoisotopic (exact) mass is 319 g/mol. The molecular formula is C15H20F3NO3. The average Bonchev–Trinajstić information content (AvgIpc) is 2.34. The lowest BCUT2D eigenvalue weighted by Crippen LogP contribution is -2.36. The fourth-order valence-electron chi connectivity index (χ4n) is 2.16. The number of halogens is 3. The molecule has 22 heavy (non-hydrogen) atoms. The second-order valence-electron chi connectivity index (χ2n) is 5.92. The largest absolute Gasteiger partial charge is 0.434 e. The number of hydrogen-bond acceptors (Lipinski definition) is 3. The lowest BCUT2D eigenvalue weighted by Gasteiger charge is -2.26. The van der Waals surface area contributed by atoms with Crippen LogP contribution < -0.4 is 10.1 Å². The van der Waals surface area contributed by atoms with Gasteiger partial charge in [-0.05, 0) is 30.9 Å². The number of hydrogen-bond donors (Lipinski definition) is 2. The second-order valence-corrected chi connectivity index (χ2v) is 5.92. The van der Waals surface area contributed by atoms with Gasteiger partial charge in [-0.3, -0.25) is 4.79 Å². The zero-order chi connectivity index (χ0) is 16.9. The molecule has 0 saturated carbocycles. The molecule has 1 aromatic rings. The van der Waals surface area contributed by atoms with Crippen molar-refractivity contribution < 1.29 is 27.8 Å². The number of amides is 1. The Bertz CT molecular complexity index is 519. The Balaban J connectivity index is 2.81. The molecule has 0 bridgehead atoms. The molecule has 0 saturated heterocycles. The van der Waals surface area contributed by atoms with Crippen LogP contribution in [0.3, 0.4) is 0 Å². The van der Waals surface area contributed by atoms with Crippen LogP contribution in [0, 0.1) is 11.2 Å². The molecule has 0 heterocycles. The molecule has 1 rings (SSSR count). The quantitative estimate of drug-likeness (QED) is 0.812. The summed E-state index contributed by atoms with van der Waals surface area (Å²) in [6, 6.07) is 2.82. The zero-order valence-electron chi connectivity index (χ0n) is 12.7. The number of aliphatic hydroxyl groups excluding tert-OH is 1. The fraction of sp³-hybridized carbons (Fsp3) is 0.533. The van der Waals surface area contributed by atoms with Gasteiger partial charge in [-0.25, -0.2) is 4.39 Å². The van der Waals surface area contributed by atoms with E-state index in [9.17, 15) is 23.1 Å². The Morgan fingerprint density at radius 1 is 1.41 bits per heavy atom. The number of carbonyl (C=O) groups excluding carboxylic acids is 1. The SMILES string of the molecule is CC(O)CC(C)(C)CNC(=O)c1ccc(F)cc1OC(F)F. The third-order valence-corrected chi connectivity index (χ3v) is 2.98. The first-order valence-electron chi connectivity index (χ1n) is 6.81. The minimum Gasteiger partial charge on any atom is -0.434 e. The fourth-order valence-corrected chi connectivity index (χ4v) is 2.16. The summed E-state index contributed by atoms with van der Waals surface area (Å²) < 4.78 is 41.9. The molecule has 7 heteroatoms. The summed E-state index contributed by atoms with van der Waals surface area (Å²) in [7, 11) is 0. The van der Waals surface area contributed by atoms with Crippen LogP contribution in [0.1, 0.15) is 37.6 Å². The van der Waals surface area contributed by atoms with E-state index < -0.39 is 30.2 Å². The summed E-state index contributed by atoms with van der Waals surface area (Å²) in [4.78, 5) is 12.1. The molecule has 1 amide bonds. The van der Waals surface area contributed by atoms with Crippen LogP contribution in [0.2, 0.25) is 0 Å². The first-order chi connectivity index (χ1) is 10.1. The molecule has 0 aromatic heterocycles. The van der Waals surface area contributed by atoms with E-state index in [2.05, 4.69) is 10.1 Å². The van der Waals surface area contributed by atoms with Crippen LogP contribution in [0.5, 0.6) is 5.75 Å². The average molecular weight is 319 g/mol. The highest BCUT2D eigenvalue weighted by Crippen LogP contribution is 2.24. The smallest absolute Gasteiger partial charge is 0.387 e. The van der Waals surface area contributed by atoms with Crippen molar-refractivity contribution in [1.29, 1.82) is 0 Å². The van der Waals surface area contributed by atoms with Gasteiger partial charge in [0.05, 0.1) is 11.7 Å². The molecule has 0 fully saturated rings. The van der Waals surface area contributed by atoms with Crippen molar-refractivity contribution in [1.82, 2.24) is 5.32 Å². The van der Waals surface area contributed by atoms with Crippen LogP contribution in [0.4, 0.5) is 13.2 Å². The van der Waals surface area contributed by atoms with Gasteiger partial charge in [-0.15, -0.1) is 0 Å². The Hall–Kier alpha value is -1.76. The van der Waals surface area contributed by atoms with E-state index in [0.29, 0.717) is 6.42 Å².